The van der Waals surface area contributed by atoms with Crippen molar-refractivity contribution in [3.8, 4) is 11.5 Å². The van der Waals surface area contributed by atoms with E-state index in [2.05, 4.69) is 57.2 Å². The lowest BCUT2D eigenvalue weighted by atomic mass is 9.90. The van der Waals surface area contributed by atoms with Crippen LogP contribution in [0.15, 0.2) is 54.6 Å². The van der Waals surface area contributed by atoms with Crippen LogP contribution in [0, 0.1) is 11.3 Å². The first-order valence-corrected chi connectivity index (χ1v) is 13.0. The van der Waals surface area contributed by atoms with Gasteiger partial charge in [0.2, 0.25) is 12.7 Å². The van der Waals surface area contributed by atoms with Crippen molar-refractivity contribution in [2.75, 3.05) is 52.6 Å². The van der Waals surface area contributed by atoms with Crippen LogP contribution in [0.1, 0.15) is 30.4 Å². The van der Waals surface area contributed by atoms with Gasteiger partial charge in [0.05, 0.1) is 0 Å². The first-order valence-electron chi connectivity index (χ1n) is 13.0. The van der Waals surface area contributed by atoms with E-state index >= 15 is 0 Å². The number of carbonyl (C=O) groups excluding carboxylic acids is 1. The highest BCUT2D eigenvalue weighted by molar-refractivity contribution is 5.83. The highest BCUT2D eigenvalue weighted by atomic mass is 16.7. The SMILES string of the molecule is O=C(C1CC12CCN(Cc1cccc3c1OCO3)CC2)N1CCN(CC=Cc2ccccc2)CC1. The van der Waals surface area contributed by atoms with Crippen molar-refractivity contribution in [3.05, 3.63) is 65.7 Å². The minimum Gasteiger partial charge on any atom is -0.454 e. The molecule has 2 saturated heterocycles. The van der Waals surface area contributed by atoms with Crippen LogP contribution >= 0.6 is 0 Å². The van der Waals surface area contributed by atoms with Crippen molar-refractivity contribution in [3.63, 3.8) is 0 Å². The summed E-state index contributed by atoms with van der Waals surface area (Å²) in [6.07, 6.45) is 7.75. The van der Waals surface area contributed by atoms with Gasteiger partial charge in [0.1, 0.15) is 0 Å². The molecule has 2 aromatic carbocycles. The van der Waals surface area contributed by atoms with Crippen LogP contribution < -0.4 is 9.47 Å². The van der Waals surface area contributed by atoms with Gasteiger partial charge in [-0.25, -0.2) is 0 Å². The first kappa shape index (κ1) is 22.6. The predicted octanol–water partition coefficient (Wildman–Crippen LogP) is 3.88. The van der Waals surface area contributed by atoms with Crippen molar-refractivity contribution < 1.29 is 14.3 Å². The monoisotopic (exact) mass is 473 g/mol. The second-order valence-corrected chi connectivity index (χ2v) is 10.5. The minimum atomic E-state index is 0.242. The molecule has 35 heavy (non-hydrogen) atoms. The number of benzene rings is 2. The molecule has 1 atom stereocenters. The number of fused-ring (bicyclic) bond motifs is 1. The summed E-state index contributed by atoms with van der Waals surface area (Å²) < 4.78 is 11.2. The summed E-state index contributed by atoms with van der Waals surface area (Å²) in [5.74, 6) is 2.41. The molecule has 6 rings (SSSR count). The zero-order chi connectivity index (χ0) is 23.7. The van der Waals surface area contributed by atoms with E-state index in [-0.39, 0.29) is 11.3 Å². The van der Waals surface area contributed by atoms with Crippen molar-refractivity contribution >= 4 is 12.0 Å². The van der Waals surface area contributed by atoms with Crippen LogP contribution in [-0.2, 0) is 11.3 Å². The van der Waals surface area contributed by atoms with Crippen LogP contribution in [0.2, 0.25) is 0 Å². The summed E-state index contributed by atoms with van der Waals surface area (Å²) in [7, 11) is 0. The van der Waals surface area contributed by atoms with E-state index in [0.717, 1.165) is 83.1 Å². The van der Waals surface area contributed by atoms with Crippen molar-refractivity contribution in [2.45, 2.75) is 25.8 Å². The number of rotatable bonds is 6. The Morgan fingerprint density at radius 2 is 1.71 bits per heavy atom. The molecule has 0 aromatic heterocycles. The maximum absolute atomic E-state index is 13.3. The average Bonchev–Trinajstić information content (AvgIpc) is 3.36. The fourth-order valence-electron chi connectivity index (χ4n) is 6.04. The van der Waals surface area contributed by atoms with Gasteiger partial charge in [-0.1, -0.05) is 54.6 Å². The fourth-order valence-corrected chi connectivity index (χ4v) is 6.04. The molecule has 1 spiro atoms. The van der Waals surface area contributed by atoms with Gasteiger partial charge in [-0.05, 0) is 49.4 Å². The maximum Gasteiger partial charge on any atom is 0.231 e. The predicted molar refractivity (Wildman–Crippen MR) is 136 cm³/mol. The summed E-state index contributed by atoms with van der Waals surface area (Å²) in [4.78, 5) is 20.4. The molecule has 1 unspecified atom stereocenters. The van der Waals surface area contributed by atoms with E-state index in [1.54, 1.807) is 0 Å². The minimum absolute atomic E-state index is 0.242. The lowest BCUT2D eigenvalue weighted by Crippen LogP contribution is -2.49. The Morgan fingerprint density at radius 1 is 0.914 bits per heavy atom. The average molecular weight is 474 g/mol. The van der Waals surface area contributed by atoms with E-state index in [4.69, 9.17) is 9.47 Å². The summed E-state index contributed by atoms with van der Waals surface area (Å²) in [6, 6.07) is 16.6. The van der Waals surface area contributed by atoms with Crippen LogP contribution in [-0.4, -0.2) is 73.2 Å². The van der Waals surface area contributed by atoms with Gasteiger partial charge in [-0.3, -0.25) is 14.6 Å². The normalized spacial score (nSPS) is 23.8. The quantitative estimate of drug-likeness (QED) is 0.637. The van der Waals surface area contributed by atoms with Crippen molar-refractivity contribution in [1.82, 2.24) is 14.7 Å². The standard InChI is InChI=1S/C29H35N3O3/c33-28(32-18-16-30(17-19-32)13-5-8-23-6-2-1-3-7-23)25-20-29(25)11-14-31(15-12-29)21-24-9-4-10-26-27(24)35-22-34-26/h1-10,25H,11-22H2. The molecule has 6 heteroatoms. The summed E-state index contributed by atoms with van der Waals surface area (Å²) in [5, 5.41) is 0. The number of piperazine rings is 1. The largest absolute Gasteiger partial charge is 0.454 e. The number of amides is 1. The van der Waals surface area contributed by atoms with Gasteiger partial charge in [0, 0.05) is 50.7 Å². The number of nitrogens with zero attached hydrogens (tertiary/aromatic N) is 3. The number of likely N-dealkylation sites (tertiary alicyclic amines) is 1. The number of para-hydroxylation sites is 1. The summed E-state index contributed by atoms with van der Waals surface area (Å²) in [6.45, 7) is 7.90. The Balaban J connectivity index is 0.951. The molecule has 0 radical (unpaired) electrons. The molecule has 0 N–H and O–H groups in total. The Kier molecular flexibility index (Phi) is 6.25. The zero-order valence-corrected chi connectivity index (χ0v) is 20.4. The van der Waals surface area contributed by atoms with Gasteiger partial charge >= 0.3 is 0 Å². The highest BCUT2D eigenvalue weighted by Gasteiger charge is 2.59. The van der Waals surface area contributed by atoms with E-state index in [9.17, 15) is 4.79 Å². The zero-order valence-electron chi connectivity index (χ0n) is 20.4. The Bertz CT molecular complexity index is 1070. The van der Waals surface area contributed by atoms with Gasteiger partial charge in [-0.15, -0.1) is 0 Å². The number of hydrogen-bond donors (Lipinski definition) is 0. The summed E-state index contributed by atoms with van der Waals surface area (Å²) >= 11 is 0. The van der Waals surface area contributed by atoms with Gasteiger partial charge < -0.3 is 14.4 Å². The third kappa shape index (κ3) is 4.82. The number of ether oxygens (including phenoxy) is 2. The Morgan fingerprint density at radius 3 is 2.51 bits per heavy atom. The Hall–Kier alpha value is -2.83. The molecule has 1 amide bonds. The van der Waals surface area contributed by atoms with Crippen LogP contribution in [0.5, 0.6) is 11.5 Å². The number of hydrogen-bond acceptors (Lipinski definition) is 5. The lowest BCUT2D eigenvalue weighted by molar-refractivity contribution is -0.135. The molecule has 0 bridgehead atoms. The van der Waals surface area contributed by atoms with Gasteiger partial charge in [0.15, 0.2) is 11.5 Å². The molecule has 3 fully saturated rings. The van der Waals surface area contributed by atoms with Crippen LogP contribution in [0.25, 0.3) is 6.08 Å². The maximum atomic E-state index is 13.3. The molecule has 184 valence electrons. The molecule has 3 aliphatic heterocycles. The van der Waals surface area contributed by atoms with E-state index in [0.29, 0.717) is 12.7 Å². The fraction of sp³-hybridized carbons (Fsp3) is 0.483. The number of carbonyl (C=O) groups is 1. The Labute approximate surface area is 208 Å². The molecular weight excluding hydrogens is 438 g/mol. The van der Waals surface area contributed by atoms with E-state index in [1.807, 2.05) is 18.2 Å². The number of piperidine rings is 1. The second kappa shape index (κ2) is 9.67. The molecule has 6 nitrogen and oxygen atoms in total. The molecule has 4 aliphatic rings. The van der Waals surface area contributed by atoms with Crippen molar-refractivity contribution in [2.24, 2.45) is 11.3 Å². The van der Waals surface area contributed by atoms with E-state index in [1.165, 1.54) is 11.1 Å². The molecule has 2 aromatic rings. The van der Waals surface area contributed by atoms with Crippen molar-refractivity contribution in [1.29, 1.82) is 0 Å². The van der Waals surface area contributed by atoms with E-state index < -0.39 is 0 Å². The first-order chi connectivity index (χ1) is 17.2. The molecular formula is C29H35N3O3. The molecule has 3 heterocycles. The molecule has 1 saturated carbocycles. The highest BCUT2D eigenvalue weighted by Crippen LogP contribution is 2.60. The second-order valence-electron chi connectivity index (χ2n) is 10.5. The van der Waals surface area contributed by atoms with Crippen LogP contribution in [0.3, 0.4) is 0 Å². The van der Waals surface area contributed by atoms with Gasteiger partial charge in [-0.2, -0.15) is 0 Å². The van der Waals surface area contributed by atoms with Gasteiger partial charge in [0.25, 0.3) is 0 Å². The topological polar surface area (TPSA) is 45.3 Å². The third-order valence-electron chi connectivity index (χ3n) is 8.37. The molecule has 1 aliphatic carbocycles. The third-order valence-corrected chi connectivity index (χ3v) is 8.37. The van der Waals surface area contributed by atoms with Crippen LogP contribution in [0.4, 0.5) is 0 Å². The summed E-state index contributed by atoms with van der Waals surface area (Å²) in [5.41, 5.74) is 2.69. The lowest BCUT2D eigenvalue weighted by Gasteiger charge is -2.36. The smallest absolute Gasteiger partial charge is 0.231 e.